The highest BCUT2D eigenvalue weighted by Gasteiger charge is 2.15. The highest BCUT2D eigenvalue weighted by atomic mass is 79.9. The predicted octanol–water partition coefficient (Wildman–Crippen LogP) is 2.75. The van der Waals surface area contributed by atoms with Crippen LogP contribution in [0.1, 0.15) is 25.7 Å². The molecule has 0 spiro atoms. The number of nitrogens with zero attached hydrogens (tertiary/aromatic N) is 1. The summed E-state index contributed by atoms with van der Waals surface area (Å²) in [6.07, 6.45) is 0. The van der Waals surface area contributed by atoms with Crippen molar-refractivity contribution in [1.82, 2.24) is 4.98 Å². The summed E-state index contributed by atoms with van der Waals surface area (Å²) in [6, 6.07) is 4.45. The summed E-state index contributed by atoms with van der Waals surface area (Å²) in [7, 11) is 0. The lowest BCUT2D eigenvalue weighted by atomic mass is 10.2. The van der Waals surface area contributed by atoms with E-state index in [2.05, 4.69) is 26.2 Å². The van der Waals surface area contributed by atoms with Crippen LogP contribution in [0, 0.1) is 6.92 Å². The minimum Gasteiger partial charge on any atom is -0.478 e. The summed E-state index contributed by atoms with van der Waals surface area (Å²) in [5.74, 6) is -1.44. The van der Waals surface area contributed by atoms with Gasteiger partial charge in [0.25, 0.3) is 5.91 Å². The lowest BCUT2D eigenvalue weighted by molar-refractivity contribution is 0.0696. The number of thiazole rings is 1. The molecule has 2 rings (SSSR count). The second kappa shape index (κ2) is 5.59. The first-order valence-corrected chi connectivity index (χ1v) is 7.06. The molecule has 0 saturated carbocycles. The van der Waals surface area contributed by atoms with Crippen LogP contribution in [-0.4, -0.2) is 22.0 Å². The van der Waals surface area contributed by atoms with Crippen molar-refractivity contribution < 1.29 is 14.7 Å². The molecule has 0 atom stereocenters. The van der Waals surface area contributed by atoms with E-state index in [1.54, 1.807) is 13.0 Å². The number of amides is 1. The number of aryl methyl sites for hydroxylation is 1. The van der Waals surface area contributed by atoms with Gasteiger partial charge in [0.05, 0.1) is 11.3 Å². The molecule has 1 heterocycles. The largest absolute Gasteiger partial charge is 0.478 e. The first-order valence-electron chi connectivity index (χ1n) is 5.45. The van der Waals surface area contributed by atoms with Crippen LogP contribution >= 0.6 is 27.3 Å². The van der Waals surface area contributed by atoms with Crippen LogP contribution in [0.5, 0.6) is 0 Å². The van der Waals surface area contributed by atoms with E-state index in [0.29, 0.717) is 25.9 Å². The third-order valence-corrected chi connectivity index (χ3v) is 3.87. The highest BCUT2D eigenvalue weighted by molar-refractivity contribution is 9.10. The Kier molecular flexibility index (Phi) is 4.05. The molecule has 0 aliphatic carbocycles. The molecule has 0 fully saturated rings. The molecule has 2 aromatic rings. The number of carboxylic acid groups (broad SMARTS) is 1. The highest BCUT2D eigenvalue weighted by Crippen LogP contribution is 2.23. The van der Waals surface area contributed by atoms with E-state index in [1.165, 1.54) is 12.1 Å². The number of aromatic nitrogens is 1. The fraction of sp³-hybridized carbons (Fsp3) is 0.0833. The Morgan fingerprint density at radius 3 is 2.65 bits per heavy atom. The quantitative estimate of drug-likeness (QED) is 0.784. The summed E-state index contributed by atoms with van der Waals surface area (Å²) < 4.78 is 0.563. The van der Waals surface area contributed by atoms with Crippen molar-refractivity contribution in [1.29, 1.82) is 0 Å². The van der Waals surface area contributed by atoms with Crippen LogP contribution in [0.25, 0.3) is 0 Å². The number of carbonyl (C=O) groups is 2. The number of nitrogens with one attached hydrogen (secondary N) is 1. The fourth-order valence-electron chi connectivity index (χ4n) is 1.60. The number of halogens is 1. The number of carboxylic acids is 1. The average Bonchev–Trinajstić information content (AvgIpc) is 2.67. The molecule has 1 aromatic carbocycles. The van der Waals surface area contributed by atoms with Crippen molar-refractivity contribution in [2.45, 2.75) is 6.92 Å². The first kappa shape index (κ1) is 14.5. The molecular weight excluding hydrogens is 346 g/mol. The van der Waals surface area contributed by atoms with Crippen molar-refractivity contribution in [3.8, 4) is 0 Å². The van der Waals surface area contributed by atoms with Crippen molar-refractivity contribution in [3.05, 3.63) is 38.8 Å². The van der Waals surface area contributed by atoms with Crippen LogP contribution in [0.2, 0.25) is 0 Å². The van der Waals surface area contributed by atoms with E-state index in [9.17, 15) is 9.59 Å². The molecule has 6 nitrogen and oxygen atoms in total. The molecule has 0 bridgehead atoms. The van der Waals surface area contributed by atoms with E-state index < -0.39 is 5.97 Å². The number of nitrogen functional groups attached to an aromatic ring is 1. The molecule has 104 valence electrons. The van der Waals surface area contributed by atoms with E-state index >= 15 is 0 Å². The normalized spacial score (nSPS) is 10.3. The van der Waals surface area contributed by atoms with Crippen molar-refractivity contribution in [2.75, 3.05) is 11.1 Å². The molecule has 8 heteroatoms. The van der Waals surface area contributed by atoms with Gasteiger partial charge in [-0.15, -0.1) is 0 Å². The van der Waals surface area contributed by atoms with E-state index in [0.717, 1.165) is 11.3 Å². The topological polar surface area (TPSA) is 105 Å². The monoisotopic (exact) mass is 355 g/mol. The number of anilines is 2. The number of benzene rings is 1. The number of rotatable bonds is 3. The standard InChI is InChI=1S/C12H10BrN3O3S/c1-5-9(20-12(14)15-5)10(17)16-8-3-6(11(18)19)2-7(13)4-8/h2-4H,1H3,(H2,14,15)(H,16,17)(H,18,19). The Bertz CT molecular complexity index is 699. The molecule has 0 radical (unpaired) electrons. The summed E-state index contributed by atoms with van der Waals surface area (Å²) >= 11 is 4.28. The van der Waals surface area contributed by atoms with Gasteiger partial charge in [-0.25, -0.2) is 9.78 Å². The zero-order chi connectivity index (χ0) is 14.9. The number of hydrogen-bond donors (Lipinski definition) is 3. The third kappa shape index (κ3) is 3.14. The maximum Gasteiger partial charge on any atom is 0.335 e. The van der Waals surface area contributed by atoms with Gasteiger partial charge in [0.15, 0.2) is 5.13 Å². The van der Waals surface area contributed by atoms with E-state index in [4.69, 9.17) is 10.8 Å². The van der Waals surface area contributed by atoms with Crippen LogP contribution < -0.4 is 11.1 Å². The lowest BCUT2D eigenvalue weighted by Gasteiger charge is -2.06. The van der Waals surface area contributed by atoms with Crippen molar-refractivity contribution >= 4 is 50.0 Å². The Labute approximate surface area is 126 Å². The maximum absolute atomic E-state index is 12.1. The lowest BCUT2D eigenvalue weighted by Crippen LogP contribution is -2.12. The minimum atomic E-state index is -1.07. The van der Waals surface area contributed by atoms with E-state index in [1.807, 2.05) is 0 Å². The van der Waals surface area contributed by atoms with Gasteiger partial charge >= 0.3 is 5.97 Å². The van der Waals surface area contributed by atoms with Gasteiger partial charge in [-0.2, -0.15) is 0 Å². The molecule has 1 aromatic heterocycles. The Morgan fingerprint density at radius 2 is 2.10 bits per heavy atom. The molecule has 4 N–H and O–H groups in total. The Morgan fingerprint density at radius 1 is 1.40 bits per heavy atom. The van der Waals surface area contributed by atoms with Gasteiger partial charge in [-0.3, -0.25) is 4.79 Å². The van der Waals surface area contributed by atoms with Gasteiger partial charge in [-0.05, 0) is 25.1 Å². The average molecular weight is 356 g/mol. The van der Waals surface area contributed by atoms with Gasteiger partial charge in [0, 0.05) is 10.2 Å². The van der Waals surface area contributed by atoms with Gasteiger partial charge in [0.1, 0.15) is 4.88 Å². The molecule has 20 heavy (non-hydrogen) atoms. The van der Waals surface area contributed by atoms with Gasteiger partial charge in [0.2, 0.25) is 0 Å². The number of carbonyl (C=O) groups excluding carboxylic acids is 1. The van der Waals surface area contributed by atoms with Crippen molar-refractivity contribution in [2.24, 2.45) is 0 Å². The van der Waals surface area contributed by atoms with Gasteiger partial charge < -0.3 is 16.2 Å². The van der Waals surface area contributed by atoms with Gasteiger partial charge in [-0.1, -0.05) is 27.3 Å². The van der Waals surface area contributed by atoms with Crippen LogP contribution in [-0.2, 0) is 0 Å². The number of aromatic carboxylic acids is 1. The number of nitrogens with two attached hydrogens (primary N) is 1. The minimum absolute atomic E-state index is 0.0789. The van der Waals surface area contributed by atoms with Crippen LogP contribution in [0.4, 0.5) is 10.8 Å². The second-order valence-electron chi connectivity index (χ2n) is 3.95. The predicted molar refractivity (Wildman–Crippen MR) is 80.3 cm³/mol. The first-order chi connectivity index (χ1) is 9.36. The van der Waals surface area contributed by atoms with E-state index in [-0.39, 0.29) is 11.5 Å². The summed E-state index contributed by atoms with van der Waals surface area (Å²) in [4.78, 5) is 27.4. The molecule has 0 aliphatic heterocycles. The Balaban J connectivity index is 2.28. The SMILES string of the molecule is Cc1nc(N)sc1C(=O)Nc1cc(Br)cc(C(=O)O)c1. The molecule has 1 amide bonds. The zero-order valence-corrected chi connectivity index (χ0v) is 12.7. The number of hydrogen-bond acceptors (Lipinski definition) is 5. The Hall–Kier alpha value is -1.93. The summed E-state index contributed by atoms with van der Waals surface area (Å²) in [5.41, 5.74) is 6.54. The maximum atomic E-state index is 12.1. The fourth-order valence-corrected chi connectivity index (χ4v) is 2.82. The summed E-state index contributed by atoms with van der Waals surface area (Å²) in [6.45, 7) is 1.69. The van der Waals surface area contributed by atoms with Crippen LogP contribution in [0.3, 0.4) is 0 Å². The second-order valence-corrected chi connectivity index (χ2v) is 5.90. The smallest absolute Gasteiger partial charge is 0.335 e. The molecular formula is C12H10BrN3O3S. The molecule has 0 unspecified atom stereocenters. The third-order valence-electron chi connectivity index (χ3n) is 2.42. The van der Waals surface area contributed by atoms with Crippen molar-refractivity contribution in [3.63, 3.8) is 0 Å². The molecule has 0 aliphatic rings. The zero-order valence-electron chi connectivity index (χ0n) is 10.3. The van der Waals surface area contributed by atoms with Crippen LogP contribution in [0.15, 0.2) is 22.7 Å². The summed E-state index contributed by atoms with van der Waals surface area (Å²) in [5, 5.41) is 11.9. The molecule has 0 saturated heterocycles.